The summed E-state index contributed by atoms with van der Waals surface area (Å²) in [4.78, 5) is 10.6. The lowest BCUT2D eigenvalue weighted by molar-refractivity contribution is -0.131. The topological polar surface area (TPSA) is 77.2 Å². The third-order valence-corrected chi connectivity index (χ3v) is 3.65. The Labute approximate surface area is 130 Å². The number of aliphatic carboxylic acids is 1. The quantitative estimate of drug-likeness (QED) is 0.837. The second kappa shape index (κ2) is 6.53. The van der Waals surface area contributed by atoms with Crippen molar-refractivity contribution in [1.29, 1.82) is 0 Å². The Balaban J connectivity index is 2.12. The van der Waals surface area contributed by atoms with E-state index in [-0.39, 0.29) is 0 Å². The number of hydrogen-bond acceptors (Lipinski definition) is 4. The number of rotatable bonds is 5. The van der Waals surface area contributed by atoms with Crippen LogP contribution in [0.15, 0.2) is 28.7 Å². The number of hydrogen-bond donors (Lipinski definition) is 1. The molecule has 0 spiro atoms. The number of ether oxygens (including phenoxy) is 1. The molecule has 0 fully saturated rings. The number of nitrogens with zero attached hydrogens (tertiary/aromatic N) is 3. The molecule has 21 heavy (non-hydrogen) atoms. The van der Waals surface area contributed by atoms with E-state index in [0.717, 1.165) is 27.8 Å². The molecule has 0 unspecified atom stereocenters. The van der Waals surface area contributed by atoms with Crippen molar-refractivity contribution in [2.75, 3.05) is 0 Å². The van der Waals surface area contributed by atoms with Gasteiger partial charge in [-0.2, -0.15) is 0 Å². The summed E-state index contributed by atoms with van der Waals surface area (Å²) in [6.45, 7) is 2.16. The maximum atomic E-state index is 10.6. The second-order valence-corrected chi connectivity index (χ2v) is 5.22. The maximum absolute atomic E-state index is 10.6. The molecule has 2 rings (SSSR count). The first-order chi connectivity index (χ1) is 9.97. The van der Waals surface area contributed by atoms with Crippen molar-refractivity contribution in [2.45, 2.75) is 13.5 Å². The summed E-state index contributed by atoms with van der Waals surface area (Å²) in [5, 5.41) is 16.6. The zero-order valence-corrected chi connectivity index (χ0v) is 13.2. The van der Waals surface area contributed by atoms with Gasteiger partial charge in [0.25, 0.3) is 0 Å². The Morgan fingerprint density at radius 3 is 2.86 bits per heavy atom. The van der Waals surface area contributed by atoms with Crippen LogP contribution in [-0.2, 0) is 18.4 Å². The molecule has 2 aromatic rings. The lowest BCUT2D eigenvalue weighted by Crippen LogP contribution is -2.04. The molecule has 0 aliphatic rings. The van der Waals surface area contributed by atoms with E-state index in [4.69, 9.17) is 9.84 Å². The van der Waals surface area contributed by atoms with Gasteiger partial charge in [-0.3, -0.25) is 0 Å². The number of carboxylic acid groups (broad SMARTS) is 1. The SMILES string of the molecule is Cc1nnc(COc2ccc(Br)c(/C=C/C(=O)O)c2)n1C. The maximum Gasteiger partial charge on any atom is 0.328 e. The molecule has 0 saturated carbocycles. The summed E-state index contributed by atoms with van der Waals surface area (Å²) in [7, 11) is 1.87. The summed E-state index contributed by atoms with van der Waals surface area (Å²) in [5.74, 6) is 1.17. The highest BCUT2D eigenvalue weighted by Crippen LogP contribution is 2.24. The van der Waals surface area contributed by atoms with Gasteiger partial charge in [-0.15, -0.1) is 10.2 Å². The van der Waals surface area contributed by atoms with Gasteiger partial charge in [-0.05, 0) is 36.8 Å². The Kier molecular flexibility index (Phi) is 4.74. The average molecular weight is 352 g/mol. The van der Waals surface area contributed by atoms with Crippen LogP contribution in [0.1, 0.15) is 17.2 Å². The van der Waals surface area contributed by atoms with E-state index >= 15 is 0 Å². The fraction of sp³-hybridized carbons (Fsp3) is 0.214. The van der Waals surface area contributed by atoms with Crippen LogP contribution in [0.3, 0.4) is 0 Å². The predicted octanol–water partition coefficient (Wildman–Crippen LogP) is 2.56. The van der Waals surface area contributed by atoms with Gasteiger partial charge in [0.15, 0.2) is 5.82 Å². The first-order valence-electron chi connectivity index (χ1n) is 6.15. The monoisotopic (exact) mass is 351 g/mol. The average Bonchev–Trinajstić information content (AvgIpc) is 2.76. The van der Waals surface area contributed by atoms with Gasteiger partial charge in [0.2, 0.25) is 0 Å². The number of carbonyl (C=O) groups is 1. The van der Waals surface area contributed by atoms with E-state index < -0.39 is 5.97 Å². The van der Waals surface area contributed by atoms with E-state index in [1.54, 1.807) is 18.2 Å². The number of benzene rings is 1. The minimum Gasteiger partial charge on any atom is -0.486 e. The zero-order valence-electron chi connectivity index (χ0n) is 11.6. The standard InChI is InChI=1S/C14H14BrN3O3/c1-9-16-17-13(18(9)2)8-21-11-4-5-12(15)10(7-11)3-6-14(19)20/h3-7H,8H2,1-2H3,(H,19,20)/b6-3+. The van der Waals surface area contributed by atoms with Crippen LogP contribution in [-0.4, -0.2) is 25.8 Å². The molecule has 1 heterocycles. The molecule has 1 N–H and O–H groups in total. The van der Waals surface area contributed by atoms with Crippen LogP contribution in [0, 0.1) is 6.92 Å². The molecule has 0 bridgehead atoms. The molecule has 0 amide bonds. The van der Waals surface area contributed by atoms with Crippen LogP contribution in [0.4, 0.5) is 0 Å². The van der Waals surface area contributed by atoms with Gasteiger partial charge in [0.05, 0.1) is 0 Å². The Morgan fingerprint density at radius 2 is 2.24 bits per heavy atom. The molecule has 7 heteroatoms. The van der Waals surface area contributed by atoms with Crippen LogP contribution >= 0.6 is 15.9 Å². The number of aromatic nitrogens is 3. The minimum atomic E-state index is -0.997. The van der Waals surface area contributed by atoms with Crippen molar-refractivity contribution < 1.29 is 14.6 Å². The highest BCUT2D eigenvalue weighted by Gasteiger charge is 2.06. The number of halogens is 1. The third kappa shape index (κ3) is 3.91. The molecule has 6 nitrogen and oxygen atoms in total. The fourth-order valence-corrected chi connectivity index (χ4v) is 2.00. The molecular formula is C14H14BrN3O3. The van der Waals surface area contributed by atoms with Crippen molar-refractivity contribution in [3.8, 4) is 5.75 Å². The fourth-order valence-electron chi connectivity index (χ4n) is 1.62. The number of aryl methyl sites for hydroxylation is 1. The first-order valence-corrected chi connectivity index (χ1v) is 6.95. The molecule has 1 aromatic heterocycles. The lowest BCUT2D eigenvalue weighted by Gasteiger charge is -2.08. The molecule has 0 saturated heterocycles. The van der Waals surface area contributed by atoms with Crippen molar-refractivity contribution >= 4 is 28.0 Å². The van der Waals surface area contributed by atoms with Crippen molar-refractivity contribution in [1.82, 2.24) is 14.8 Å². The van der Waals surface area contributed by atoms with Gasteiger partial charge in [0, 0.05) is 17.6 Å². The molecule has 0 aliphatic heterocycles. The smallest absolute Gasteiger partial charge is 0.328 e. The van der Waals surface area contributed by atoms with Gasteiger partial charge >= 0.3 is 5.97 Å². The molecule has 1 aromatic carbocycles. The third-order valence-electron chi connectivity index (χ3n) is 2.92. The summed E-state index contributed by atoms with van der Waals surface area (Å²) in [6, 6.07) is 5.36. The van der Waals surface area contributed by atoms with Gasteiger partial charge in [-0.1, -0.05) is 15.9 Å². The van der Waals surface area contributed by atoms with Crippen molar-refractivity contribution in [3.05, 3.63) is 46.0 Å². The first kappa shape index (κ1) is 15.2. The van der Waals surface area contributed by atoms with E-state index in [2.05, 4.69) is 26.1 Å². The number of carboxylic acids is 1. The molecule has 0 atom stereocenters. The van der Waals surface area contributed by atoms with E-state index in [0.29, 0.717) is 12.4 Å². The zero-order chi connectivity index (χ0) is 15.4. The van der Waals surface area contributed by atoms with E-state index in [1.165, 1.54) is 6.08 Å². The summed E-state index contributed by atoms with van der Waals surface area (Å²) in [5.41, 5.74) is 0.726. The van der Waals surface area contributed by atoms with Gasteiger partial charge < -0.3 is 14.4 Å². The van der Waals surface area contributed by atoms with Crippen LogP contribution < -0.4 is 4.74 Å². The van der Waals surface area contributed by atoms with Crippen LogP contribution in [0.25, 0.3) is 6.08 Å². The van der Waals surface area contributed by atoms with E-state index in [9.17, 15) is 4.79 Å². The summed E-state index contributed by atoms with van der Waals surface area (Å²) in [6.07, 6.45) is 2.58. The lowest BCUT2D eigenvalue weighted by atomic mass is 10.2. The summed E-state index contributed by atoms with van der Waals surface area (Å²) >= 11 is 3.37. The predicted molar refractivity (Wildman–Crippen MR) is 80.9 cm³/mol. The Hall–Kier alpha value is -2.15. The molecule has 0 radical (unpaired) electrons. The van der Waals surface area contributed by atoms with Crippen LogP contribution in [0.5, 0.6) is 5.75 Å². The van der Waals surface area contributed by atoms with Crippen molar-refractivity contribution in [2.24, 2.45) is 7.05 Å². The van der Waals surface area contributed by atoms with E-state index in [1.807, 2.05) is 18.5 Å². The van der Waals surface area contributed by atoms with Crippen LogP contribution in [0.2, 0.25) is 0 Å². The highest BCUT2D eigenvalue weighted by molar-refractivity contribution is 9.10. The highest BCUT2D eigenvalue weighted by atomic mass is 79.9. The van der Waals surface area contributed by atoms with Crippen molar-refractivity contribution in [3.63, 3.8) is 0 Å². The molecular weight excluding hydrogens is 338 g/mol. The second-order valence-electron chi connectivity index (χ2n) is 4.37. The largest absolute Gasteiger partial charge is 0.486 e. The minimum absolute atomic E-state index is 0.293. The van der Waals surface area contributed by atoms with Gasteiger partial charge in [0.1, 0.15) is 18.2 Å². The summed E-state index contributed by atoms with van der Waals surface area (Å²) < 4.78 is 8.31. The Morgan fingerprint density at radius 1 is 1.48 bits per heavy atom. The molecule has 110 valence electrons. The van der Waals surface area contributed by atoms with Gasteiger partial charge in [-0.25, -0.2) is 4.79 Å². The Bertz CT molecular complexity index is 695. The molecule has 0 aliphatic carbocycles. The normalized spacial score (nSPS) is 11.0.